The summed E-state index contributed by atoms with van der Waals surface area (Å²) in [4.78, 5) is 4.58. The summed E-state index contributed by atoms with van der Waals surface area (Å²) < 4.78 is 0. The van der Waals surface area contributed by atoms with Gasteiger partial charge in [-0.05, 0) is 49.4 Å². The number of halogens is 1. The lowest BCUT2D eigenvalue weighted by Crippen LogP contribution is -1.95. The number of nitrogens with zero attached hydrogens (tertiary/aromatic N) is 1. The Morgan fingerprint density at radius 2 is 2.00 bits per heavy atom. The fraction of sp³-hybridized carbons (Fsp3) is 0.400. The molecule has 1 atom stereocenters. The summed E-state index contributed by atoms with van der Waals surface area (Å²) in [6.07, 6.45) is 1.14. The number of hydrogen-bond donors (Lipinski definition) is 0. The van der Waals surface area contributed by atoms with Crippen molar-refractivity contribution >= 4 is 22.5 Å². The van der Waals surface area contributed by atoms with Crippen LogP contribution in [0.1, 0.15) is 43.0 Å². The molecule has 1 nitrogen and oxygen atoms in total. The molecular formula is C15H18ClN. The molecule has 1 aromatic heterocycles. The molecule has 0 aliphatic rings. The standard InChI is InChI=1S/C15H18ClN/c1-5-9(2)12-6-7-14-13(8-12)15(16)10(3)11(4)17-14/h6-9H,5H2,1-4H3. The molecule has 2 heteroatoms. The van der Waals surface area contributed by atoms with Gasteiger partial charge in [0.2, 0.25) is 0 Å². The molecule has 2 rings (SSSR count). The van der Waals surface area contributed by atoms with Gasteiger partial charge >= 0.3 is 0 Å². The first-order valence-corrected chi connectivity index (χ1v) is 6.48. The van der Waals surface area contributed by atoms with E-state index in [0.29, 0.717) is 5.92 Å². The predicted octanol–water partition coefficient (Wildman–Crippen LogP) is 5.02. The van der Waals surface area contributed by atoms with Crippen LogP contribution in [0.3, 0.4) is 0 Å². The second kappa shape index (κ2) is 4.66. The smallest absolute Gasteiger partial charge is 0.0720 e. The lowest BCUT2D eigenvalue weighted by Gasteiger charge is -2.12. The molecule has 0 saturated heterocycles. The Morgan fingerprint density at radius 3 is 2.65 bits per heavy atom. The van der Waals surface area contributed by atoms with E-state index >= 15 is 0 Å². The van der Waals surface area contributed by atoms with Crippen LogP contribution in [0.25, 0.3) is 10.9 Å². The van der Waals surface area contributed by atoms with E-state index in [0.717, 1.165) is 33.6 Å². The van der Waals surface area contributed by atoms with E-state index in [1.165, 1.54) is 5.56 Å². The van der Waals surface area contributed by atoms with Crippen LogP contribution in [-0.2, 0) is 0 Å². The number of aromatic nitrogens is 1. The van der Waals surface area contributed by atoms with Gasteiger partial charge in [0, 0.05) is 11.1 Å². The van der Waals surface area contributed by atoms with Crippen LogP contribution in [0.2, 0.25) is 5.02 Å². The van der Waals surface area contributed by atoms with E-state index in [-0.39, 0.29) is 0 Å². The van der Waals surface area contributed by atoms with Crippen molar-refractivity contribution in [1.82, 2.24) is 4.98 Å². The van der Waals surface area contributed by atoms with Crippen molar-refractivity contribution < 1.29 is 0 Å². The maximum absolute atomic E-state index is 6.41. The van der Waals surface area contributed by atoms with Gasteiger partial charge in [0.1, 0.15) is 0 Å². The number of benzene rings is 1. The second-order valence-corrected chi connectivity index (χ2v) is 5.10. The Kier molecular flexibility index (Phi) is 3.39. The van der Waals surface area contributed by atoms with Crippen LogP contribution in [0.5, 0.6) is 0 Å². The number of pyridine rings is 1. The van der Waals surface area contributed by atoms with Crippen LogP contribution in [0, 0.1) is 13.8 Å². The Bertz CT molecular complexity index is 560. The first-order valence-electron chi connectivity index (χ1n) is 6.11. The number of fused-ring (bicyclic) bond motifs is 1. The molecule has 0 radical (unpaired) electrons. The van der Waals surface area contributed by atoms with Crippen LogP contribution >= 0.6 is 11.6 Å². The van der Waals surface area contributed by atoms with Crippen molar-refractivity contribution in [2.45, 2.75) is 40.0 Å². The fourth-order valence-electron chi connectivity index (χ4n) is 1.99. The molecule has 0 spiro atoms. The quantitative estimate of drug-likeness (QED) is 0.726. The Labute approximate surface area is 108 Å². The summed E-state index contributed by atoms with van der Waals surface area (Å²) >= 11 is 6.41. The molecule has 0 amide bonds. The molecule has 90 valence electrons. The zero-order valence-corrected chi connectivity index (χ0v) is 11.6. The first-order chi connectivity index (χ1) is 8.04. The van der Waals surface area contributed by atoms with Gasteiger partial charge in [0.15, 0.2) is 0 Å². The van der Waals surface area contributed by atoms with Gasteiger partial charge in [0.25, 0.3) is 0 Å². The maximum Gasteiger partial charge on any atom is 0.0720 e. The van der Waals surface area contributed by atoms with Crippen molar-refractivity contribution in [3.05, 3.63) is 40.0 Å². The topological polar surface area (TPSA) is 12.9 Å². The highest BCUT2D eigenvalue weighted by Crippen LogP contribution is 2.30. The van der Waals surface area contributed by atoms with Gasteiger partial charge in [-0.15, -0.1) is 0 Å². The average molecular weight is 248 g/mol. The third-order valence-electron chi connectivity index (χ3n) is 3.60. The highest BCUT2D eigenvalue weighted by atomic mass is 35.5. The number of aryl methyl sites for hydroxylation is 1. The highest BCUT2D eigenvalue weighted by Gasteiger charge is 2.10. The van der Waals surface area contributed by atoms with Gasteiger partial charge < -0.3 is 0 Å². The van der Waals surface area contributed by atoms with E-state index in [2.05, 4.69) is 37.0 Å². The normalized spacial score (nSPS) is 13.0. The maximum atomic E-state index is 6.41. The van der Waals surface area contributed by atoms with Gasteiger partial charge in [-0.2, -0.15) is 0 Å². The van der Waals surface area contributed by atoms with Crippen molar-refractivity contribution in [2.24, 2.45) is 0 Å². The summed E-state index contributed by atoms with van der Waals surface area (Å²) in [6, 6.07) is 6.43. The van der Waals surface area contributed by atoms with Gasteiger partial charge in [0.05, 0.1) is 10.5 Å². The van der Waals surface area contributed by atoms with Crippen LogP contribution < -0.4 is 0 Å². The fourth-order valence-corrected chi connectivity index (χ4v) is 2.28. The summed E-state index contributed by atoms with van der Waals surface area (Å²) in [5.41, 5.74) is 4.43. The zero-order chi connectivity index (χ0) is 12.6. The second-order valence-electron chi connectivity index (χ2n) is 4.72. The molecule has 0 aliphatic carbocycles. The minimum atomic E-state index is 0.567. The summed E-state index contributed by atoms with van der Waals surface area (Å²) in [7, 11) is 0. The SMILES string of the molecule is CCC(C)c1ccc2nc(C)c(C)c(Cl)c2c1. The highest BCUT2D eigenvalue weighted by molar-refractivity contribution is 6.36. The third kappa shape index (κ3) is 2.16. The van der Waals surface area contributed by atoms with Crippen LogP contribution in [0.4, 0.5) is 0 Å². The summed E-state index contributed by atoms with van der Waals surface area (Å²) in [6.45, 7) is 8.47. The predicted molar refractivity (Wildman–Crippen MR) is 74.9 cm³/mol. The van der Waals surface area contributed by atoms with E-state index in [4.69, 9.17) is 11.6 Å². The number of hydrogen-bond acceptors (Lipinski definition) is 1. The third-order valence-corrected chi connectivity index (χ3v) is 4.09. The molecule has 0 fully saturated rings. The van der Waals surface area contributed by atoms with E-state index in [1.54, 1.807) is 0 Å². The monoisotopic (exact) mass is 247 g/mol. The number of rotatable bonds is 2. The van der Waals surface area contributed by atoms with Gasteiger partial charge in [-0.3, -0.25) is 4.98 Å². The summed E-state index contributed by atoms with van der Waals surface area (Å²) in [5.74, 6) is 0.567. The lowest BCUT2D eigenvalue weighted by molar-refractivity contribution is 0.734. The van der Waals surface area contributed by atoms with Crippen LogP contribution in [-0.4, -0.2) is 4.98 Å². The van der Waals surface area contributed by atoms with Crippen LogP contribution in [0.15, 0.2) is 18.2 Å². The van der Waals surface area contributed by atoms with Crippen molar-refractivity contribution in [2.75, 3.05) is 0 Å². The van der Waals surface area contributed by atoms with Gasteiger partial charge in [-0.25, -0.2) is 0 Å². The van der Waals surface area contributed by atoms with Crippen molar-refractivity contribution in [3.8, 4) is 0 Å². The Morgan fingerprint density at radius 1 is 1.29 bits per heavy atom. The summed E-state index contributed by atoms with van der Waals surface area (Å²) in [5, 5.41) is 1.92. The van der Waals surface area contributed by atoms with E-state index in [1.807, 2.05) is 13.8 Å². The molecule has 0 aliphatic heterocycles. The van der Waals surface area contributed by atoms with Gasteiger partial charge in [-0.1, -0.05) is 31.5 Å². The minimum Gasteiger partial charge on any atom is -0.253 e. The Hall–Kier alpha value is -1.08. The molecule has 17 heavy (non-hydrogen) atoms. The molecule has 1 heterocycles. The molecule has 0 saturated carbocycles. The zero-order valence-electron chi connectivity index (χ0n) is 10.8. The molecular weight excluding hydrogens is 230 g/mol. The molecule has 0 N–H and O–H groups in total. The molecule has 1 aromatic carbocycles. The average Bonchev–Trinajstić information content (AvgIpc) is 2.35. The minimum absolute atomic E-state index is 0.567. The van der Waals surface area contributed by atoms with Crippen molar-refractivity contribution in [3.63, 3.8) is 0 Å². The molecule has 1 unspecified atom stereocenters. The Balaban J connectivity index is 2.69. The van der Waals surface area contributed by atoms with Crippen molar-refractivity contribution in [1.29, 1.82) is 0 Å². The molecule has 2 aromatic rings. The lowest BCUT2D eigenvalue weighted by atomic mass is 9.96. The molecule has 0 bridgehead atoms. The first kappa shape index (κ1) is 12.4. The van der Waals surface area contributed by atoms with E-state index in [9.17, 15) is 0 Å². The largest absolute Gasteiger partial charge is 0.253 e. The van der Waals surface area contributed by atoms with E-state index < -0.39 is 0 Å².